The van der Waals surface area contributed by atoms with Gasteiger partial charge in [0.15, 0.2) is 0 Å². The number of anilines is 1. The molecule has 3 aromatic carbocycles. The third-order valence-corrected chi connectivity index (χ3v) is 8.25. The monoisotopic (exact) mass is 579 g/mol. The lowest BCUT2D eigenvalue weighted by atomic mass is 10.1. The van der Waals surface area contributed by atoms with E-state index in [1.54, 1.807) is 43.3 Å². The molecule has 0 spiro atoms. The Morgan fingerprint density at radius 2 is 1.41 bits per heavy atom. The molecule has 1 atom stereocenters. The van der Waals surface area contributed by atoms with Crippen LogP contribution in [0.1, 0.15) is 51.3 Å². The summed E-state index contributed by atoms with van der Waals surface area (Å²) in [6, 6.07) is 19.9. The molecule has 0 aromatic heterocycles. The molecule has 8 nitrogen and oxygen atoms in total. The number of sulfonamides is 1. The molecule has 0 aliphatic rings. The van der Waals surface area contributed by atoms with Gasteiger partial charge in [-0.15, -0.1) is 0 Å². The van der Waals surface area contributed by atoms with Crippen molar-refractivity contribution < 1.29 is 22.7 Å². The second-order valence-corrected chi connectivity index (χ2v) is 13.0. The van der Waals surface area contributed by atoms with Crippen LogP contribution in [0.3, 0.4) is 0 Å². The Hall–Kier alpha value is -3.85. The van der Waals surface area contributed by atoms with Crippen LogP contribution in [-0.4, -0.2) is 49.9 Å². The number of rotatable bonds is 11. The van der Waals surface area contributed by atoms with Crippen molar-refractivity contribution in [3.63, 3.8) is 0 Å². The van der Waals surface area contributed by atoms with Gasteiger partial charge in [-0.1, -0.05) is 47.5 Å². The average Bonchev–Trinajstić information content (AvgIpc) is 2.91. The van der Waals surface area contributed by atoms with E-state index in [9.17, 15) is 18.0 Å². The Bertz CT molecular complexity index is 1430. The van der Waals surface area contributed by atoms with Gasteiger partial charge in [0.05, 0.1) is 17.2 Å². The van der Waals surface area contributed by atoms with Crippen molar-refractivity contribution in [3.05, 3.63) is 89.5 Å². The summed E-state index contributed by atoms with van der Waals surface area (Å²) in [7, 11) is -4.13. The van der Waals surface area contributed by atoms with Gasteiger partial charge in [-0.3, -0.25) is 13.9 Å². The number of hydrogen-bond acceptors (Lipinski definition) is 5. The van der Waals surface area contributed by atoms with Gasteiger partial charge in [0, 0.05) is 12.1 Å². The van der Waals surface area contributed by atoms with Crippen molar-refractivity contribution in [2.45, 2.75) is 71.5 Å². The zero-order valence-electron chi connectivity index (χ0n) is 25.0. The van der Waals surface area contributed by atoms with Crippen LogP contribution in [0.5, 0.6) is 5.75 Å². The van der Waals surface area contributed by atoms with Gasteiger partial charge in [0.25, 0.3) is 10.0 Å². The van der Waals surface area contributed by atoms with Crippen LogP contribution in [0, 0.1) is 13.8 Å². The Morgan fingerprint density at radius 3 is 1.93 bits per heavy atom. The van der Waals surface area contributed by atoms with Gasteiger partial charge in [-0.25, -0.2) is 8.42 Å². The largest absolute Gasteiger partial charge is 0.494 e. The number of ether oxygens (including phenoxy) is 1. The third kappa shape index (κ3) is 8.57. The summed E-state index contributed by atoms with van der Waals surface area (Å²) in [4.78, 5) is 28.7. The SMILES string of the molecule is CCOc1ccc(N(CC(=O)N(Cc2ccc(C)cc2)[C@H](C)C(=O)NC(C)(C)C)S(=O)(=O)c2ccc(C)cc2)cc1. The fourth-order valence-corrected chi connectivity index (χ4v) is 5.60. The maximum Gasteiger partial charge on any atom is 0.264 e. The minimum Gasteiger partial charge on any atom is -0.494 e. The first-order valence-corrected chi connectivity index (χ1v) is 15.1. The second kappa shape index (κ2) is 13.2. The summed E-state index contributed by atoms with van der Waals surface area (Å²) in [6.45, 7) is 13.1. The Kier molecular flexibility index (Phi) is 10.2. The van der Waals surface area contributed by atoms with Crippen LogP contribution in [0.15, 0.2) is 77.7 Å². The molecular weight excluding hydrogens is 538 g/mol. The van der Waals surface area contributed by atoms with Gasteiger partial charge in [-0.2, -0.15) is 0 Å². The molecular formula is C32H41N3O5S. The summed E-state index contributed by atoms with van der Waals surface area (Å²) in [5, 5.41) is 2.94. The van der Waals surface area contributed by atoms with Gasteiger partial charge in [0.2, 0.25) is 11.8 Å². The Morgan fingerprint density at radius 1 is 0.878 bits per heavy atom. The van der Waals surface area contributed by atoms with Crippen molar-refractivity contribution in [1.29, 1.82) is 0 Å². The van der Waals surface area contributed by atoms with E-state index < -0.39 is 34.1 Å². The highest BCUT2D eigenvalue weighted by Gasteiger charge is 2.33. The van der Waals surface area contributed by atoms with Gasteiger partial charge in [0.1, 0.15) is 18.3 Å². The summed E-state index contributed by atoms with van der Waals surface area (Å²) >= 11 is 0. The molecule has 3 rings (SSSR count). The second-order valence-electron chi connectivity index (χ2n) is 11.2. The smallest absolute Gasteiger partial charge is 0.264 e. The first kappa shape index (κ1) is 31.7. The van der Waals surface area contributed by atoms with Crippen molar-refractivity contribution in [2.24, 2.45) is 0 Å². The molecule has 2 amide bonds. The van der Waals surface area contributed by atoms with E-state index >= 15 is 0 Å². The number of carbonyl (C=O) groups excluding carboxylic acids is 2. The number of carbonyl (C=O) groups is 2. The zero-order chi connectivity index (χ0) is 30.4. The molecule has 0 fully saturated rings. The predicted molar refractivity (Wildman–Crippen MR) is 162 cm³/mol. The van der Waals surface area contributed by atoms with Crippen LogP contribution >= 0.6 is 0 Å². The predicted octanol–water partition coefficient (Wildman–Crippen LogP) is 5.23. The molecule has 1 N–H and O–H groups in total. The van der Waals surface area contributed by atoms with Crippen molar-refractivity contribution in [1.82, 2.24) is 10.2 Å². The van der Waals surface area contributed by atoms with E-state index in [0.29, 0.717) is 18.0 Å². The molecule has 0 bridgehead atoms. The number of hydrogen-bond donors (Lipinski definition) is 1. The normalized spacial score (nSPS) is 12.4. The first-order valence-electron chi connectivity index (χ1n) is 13.7. The number of amides is 2. The van der Waals surface area contributed by atoms with Gasteiger partial charge in [-0.05, 0) is 90.4 Å². The highest BCUT2D eigenvalue weighted by Crippen LogP contribution is 2.27. The molecule has 9 heteroatoms. The molecule has 3 aromatic rings. The van der Waals surface area contributed by atoms with E-state index in [2.05, 4.69) is 5.32 Å². The van der Waals surface area contributed by atoms with E-state index in [1.807, 2.05) is 65.8 Å². The van der Waals surface area contributed by atoms with Gasteiger partial charge < -0.3 is 15.0 Å². The lowest BCUT2D eigenvalue weighted by Gasteiger charge is -2.33. The molecule has 220 valence electrons. The molecule has 0 radical (unpaired) electrons. The topological polar surface area (TPSA) is 96.0 Å². The minimum atomic E-state index is -4.13. The van der Waals surface area contributed by atoms with E-state index in [4.69, 9.17) is 4.74 Å². The lowest BCUT2D eigenvalue weighted by molar-refractivity contribution is -0.140. The van der Waals surface area contributed by atoms with Crippen LogP contribution in [0.25, 0.3) is 0 Å². The summed E-state index contributed by atoms with van der Waals surface area (Å²) in [5.74, 6) is -0.248. The molecule has 0 unspecified atom stereocenters. The zero-order valence-corrected chi connectivity index (χ0v) is 25.8. The van der Waals surface area contributed by atoms with Crippen molar-refractivity contribution in [3.8, 4) is 5.75 Å². The van der Waals surface area contributed by atoms with Crippen LogP contribution in [-0.2, 0) is 26.2 Å². The number of benzene rings is 3. The lowest BCUT2D eigenvalue weighted by Crippen LogP contribution is -2.54. The molecule has 0 saturated carbocycles. The molecule has 0 aliphatic heterocycles. The minimum absolute atomic E-state index is 0.0633. The number of nitrogens with one attached hydrogen (secondary N) is 1. The fourth-order valence-electron chi connectivity index (χ4n) is 4.19. The summed E-state index contributed by atoms with van der Waals surface area (Å²) in [5.41, 5.74) is 2.61. The van der Waals surface area contributed by atoms with E-state index in [0.717, 1.165) is 21.0 Å². The number of aryl methyl sites for hydroxylation is 2. The summed E-state index contributed by atoms with van der Waals surface area (Å²) in [6.07, 6.45) is 0. The van der Waals surface area contributed by atoms with E-state index in [1.165, 1.54) is 17.0 Å². The highest BCUT2D eigenvalue weighted by molar-refractivity contribution is 7.92. The van der Waals surface area contributed by atoms with Crippen molar-refractivity contribution >= 4 is 27.5 Å². The summed E-state index contributed by atoms with van der Waals surface area (Å²) < 4.78 is 34.5. The van der Waals surface area contributed by atoms with Crippen molar-refractivity contribution in [2.75, 3.05) is 17.5 Å². The molecule has 0 heterocycles. The van der Waals surface area contributed by atoms with E-state index in [-0.39, 0.29) is 17.3 Å². The Balaban J connectivity index is 2.03. The van der Waals surface area contributed by atoms with Crippen LogP contribution < -0.4 is 14.4 Å². The molecule has 0 saturated heterocycles. The van der Waals surface area contributed by atoms with Gasteiger partial charge >= 0.3 is 0 Å². The first-order chi connectivity index (χ1) is 19.2. The molecule has 41 heavy (non-hydrogen) atoms. The average molecular weight is 580 g/mol. The third-order valence-electron chi connectivity index (χ3n) is 6.46. The van der Waals surface area contributed by atoms with Crippen LogP contribution in [0.2, 0.25) is 0 Å². The maximum atomic E-state index is 14.0. The maximum absolute atomic E-state index is 14.0. The quantitative estimate of drug-likeness (QED) is 0.336. The Labute approximate surface area is 244 Å². The number of nitrogens with zero attached hydrogens (tertiary/aromatic N) is 2. The van der Waals surface area contributed by atoms with Crippen LogP contribution in [0.4, 0.5) is 5.69 Å². The molecule has 0 aliphatic carbocycles. The fraction of sp³-hybridized carbons (Fsp3) is 0.375. The highest BCUT2D eigenvalue weighted by atomic mass is 32.2. The standard InChI is InChI=1S/C32H41N3O5S/c1-8-40-28-17-15-27(16-18-28)35(41(38,39)29-19-11-24(3)12-20-29)22-30(36)34(21-26-13-9-23(2)10-14-26)25(4)31(37)33-32(5,6)7/h9-20,25H,8,21-22H2,1-7H3,(H,33,37)/t25-/m1/s1.